The Morgan fingerprint density at radius 3 is 2.56 bits per heavy atom. The fourth-order valence-corrected chi connectivity index (χ4v) is 5.11. The van der Waals surface area contributed by atoms with Gasteiger partial charge in [-0.15, -0.1) is 24.8 Å². The zero-order valence-electron chi connectivity index (χ0n) is 20.3. The van der Waals surface area contributed by atoms with Gasteiger partial charge in [0.15, 0.2) is 0 Å². The standard InChI is InChI=1S/C26H35N3O3.2ClH/c1-28-23-16-21(24(32-3)17-20(23)11-12-25(28)30)18-27-22-10-7-13-29(14-15-31-2)26(22)19-8-5-4-6-9-19;;/h4-6,8-9,16-17,22,26-27H,7,10-15,18H2,1-3H3;2*1H. The fraction of sp³-hybridized carbons (Fsp3) is 0.500. The molecule has 0 aromatic heterocycles. The van der Waals surface area contributed by atoms with Crippen molar-refractivity contribution in [3.63, 3.8) is 0 Å². The molecule has 2 atom stereocenters. The van der Waals surface area contributed by atoms with Gasteiger partial charge < -0.3 is 19.7 Å². The number of fused-ring (bicyclic) bond motifs is 1. The van der Waals surface area contributed by atoms with Gasteiger partial charge in [0.25, 0.3) is 0 Å². The number of benzene rings is 2. The highest BCUT2D eigenvalue weighted by molar-refractivity contribution is 5.96. The topological polar surface area (TPSA) is 54.0 Å². The summed E-state index contributed by atoms with van der Waals surface area (Å²) >= 11 is 0. The molecule has 1 fully saturated rings. The molecule has 1 amide bonds. The maximum atomic E-state index is 12.2. The monoisotopic (exact) mass is 509 g/mol. The summed E-state index contributed by atoms with van der Waals surface area (Å²) in [6.45, 7) is 3.43. The molecular weight excluding hydrogens is 473 g/mol. The van der Waals surface area contributed by atoms with E-state index in [0.29, 0.717) is 25.0 Å². The number of piperidine rings is 1. The van der Waals surface area contributed by atoms with Gasteiger partial charge in [0.1, 0.15) is 5.75 Å². The van der Waals surface area contributed by atoms with Crippen molar-refractivity contribution in [3.05, 3.63) is 59.2 Å². The van der Waals surface area contributed by atoms with Gasteiger partial charge in [-0.1, -0.05) is 30.3 Å². The number of carbonyl (C=O) groups excluding carboxylic acids is 1. The number of likely N-dealkylation sites (tertiary alicyclic amines) is 1. The fourth-order valence-electron chi connectivity index (χ4n) is 5.11. The number of nitrogens with zero attached hydrogens (tertiary/aromatic N) is 2. The highest BCUT2D eigenvalue weighted by atomic mass is 35.5. The van der Waals surface area contributed by atoms with E-state index in [-0.39, 0.29) is 30.7 Å². The van der Waals surface area contributed by atoms with Gasteiger partial charge in [-0.25, -0.2) is 0 Å². The van der Waals surface area contributed by atoms with Crippen LogP contribution >= 0.6 is 24.8 Å². The minimum atomic E-state index is 0. The van der Waals surface area contributed by atoms with Gasteiger partial charge in [0, 0.05) is 51.0 Å². The van der Waals surface area contributed by atoms with E-state index in [0.717, 1.165) is 56.0 Å². The number of halogens is 2. The van der Waals surface area contributed by atoms with Crippen molar-refractivity contribution in [2.24, 2.45) is 0 Å². The highest BCUT2D eigenvalue weighted by Crippen LogP contribution is 2.35. The smallest absolute Gasteiger partial charge is 0.227 e. The van der Waals surface area contributed by atoms with Crippen LogP contribution in [0.15, 0.2) is 42.5 Å². The second kappa shape index (κ2) is 13.3. The summed E-state index contributed by atoms with van der Waals surface area (Å²) in [5, 5.41) is 3.83. The summed E-state index contributed by atoms with van der Waals surface area (Å²) in [4.78, 5) is 16.5. The Morgan fingerprint density at radius 1 is 1.09 bits per heavy atom. The molecule has 0 saturated carbocycles. The molecule has 6 nitrogen and oxygen atoms in total. The van der Waals surface area contributed by atoms with Gasteiger partial charge >= 0.3 is 0 Å². The van der Waals surface area contributed by atoms with Crippen LogP contribution in [0.3, 0.4) is 0 Å². The number of carbonyl (C=O) groups is 1. The molecule has 0 spiro atoms. The molecule has 2 aromatic rings. The first kappa shape index (κ1) is 28.4. The van der Waals surface area contributed by atoms with Crippen molar-refractivity contribution in [2.45, 2.75) is 44.3 Å². The number of hydrogen-bond acceptors (Lipinski definition) is 5. The maximum Gasteiger partial charge on any atom is 0.227 e. The third kappa shape index (κ3) is 6.23. The molecular formula is C26H37Cl2N3O3. The summed E-state index contributed by atoms with van der Waals surface area (Å²) in [6.07, 6.45) is 3.61. The van der Waals surface area contributed by atoms with Crippen LogP contribution in [0.4, 0.5) is 5.69 Å². The average Bonchev–Trinajstić information content (AvgIpc) is 2.83. The van der Waals surface area contributed by atoms with E-state index in [9.17, 15) is 4.79 Å². The number of anilines is 1. The van der Waals surface area contributed by atoms with E-state index in [1.54, 1.807) is 19.1 Å². The lowest BCUT2D eigenvalue weighted by atomic mass is 9.90. The quantitative estimate of drug-likeness (QED) is 0.571. The first-order valence-electron chi connectivity index (χ1n) is 11.6. The van der Waals surface area contributed by atoms with Gasteiger partial charge in [-0.05, 0) is 49.1 Å². The van der Waals surface area contributed by atoms with Crippen LogP contribution in [0.1, 0.15) is 42.0 Å². The van der Waals surface area contributed by atoms with Crippen LogP contribution in [-0.4, -0.2) is 57.8 Å². The molecule has 1 N–H and O–H groups in total. The zero-order valence-corrected chi connectivity index (χ0v) is 21.9. The lowest BCUT2D eigenvalue weighted by Gasteiger charge is -2.42. The Hall–Kier alpha value is -1.83. The third-order valence-corrected chi connectivity index (χ3v) is 6.84. The zero-order chi connectivity index (χ0) is 22.5. The van der Waals surface area contributed by atoms with Gasteiger partial charge in [-0.3, -0.25) is 9.69 Å². The Morgan fingerprint density at radius 2 is 1.85 bits per heavy atom. The Kier molecular flexibility index (Phi) is 11.1. The van der Waals surface area contributed by atoms with Crippen LogP contribution in [0.5, 0.6) is 5.75 Å². The van der Waals surface area contributed by atoms with Crippen LogP contribution in [-0.2, 0) is 22.5 Å². The van der Waals surface area contributed by atoms with E-state index < -0.39 is 0 Å². The number of nitrogens with one attached hydrogen (secondary N) is 1. The summed E-state index contributed by atoms with van der Waals surface area (Å²) < 4.78 is 11.1. The van der Waals surface area contributed by atoms with E-state index in [4.69, 9.17) is 9.47 Å². The van der Waals surface area contributed by atoms with Crippen LogP contribution < -0.4 is 15.0 Å². The first-order chi connectivity index (χ1) is 15.6. The normalized spacial score (nSPS) is 20.2. The van der Waals surface area contributed by atoms with Crippen molar-refractivity contribution in [1.29, 1.82) is 0 Å². The molecule has 8 heteroatoms. The van der Waals surface area contributed by atoms with Crippen molar-refractivity contribution in [2.75, 3.05) is 45.9 Å². The molecule has 4 rings (SSSR count). The molecule has 1 saturated heterocycles. The predicted octanol–water partition coefficient (Wildman–Crippen LogP) is 4.39. The van der Waals surface area contributed by atoms with Gasteiger partial charge in [0.2, 0.25) is 5.91 Å². The average molecular weight is 511 g/mol. The van der Waals surface area contributed by atoms with E-state index in [1.165, 1.54) is 11.1 Å². The number of rotatable bonds is 8. The number of amides is 1. The minimum Gasteiger partial charge on any atom is -0.496 e. The van der Waals surface area contributed by atoms with E-state index >= 15 is 0 Å². The molecule has 2 aliphatic rings. The number of ether oxygens (including phenoxy) is 2. The van der Waals surface area contributed by atoms with E-state index in [2.05, 4.69) is 52.7 Å². The van der Waals surface area contributed by atoms with Crippen molar-refractivity contribution in [3.8, 4) is 5.75 Å². The Balaban J connectivity index is 0.00000204. The third-order valence-electron chi connectivity index (χ3n) is 6.84. The molecule has 2 aliphatic heterocycles. The summed E-state index contributed by atoms with van der Waals surface area (Å²) in [5.74, 6) is 1.06. The first-order valence-corrected chi connectivity index (χ1v) is 11.6. The highest BCUT2D eigenvalue weighted by Gasteiger charge is 2.32. The summed E-state index contributed by atoms with van der Waals surface area (Å²) in [7, 11) is 5.36. The van der Waals surface area contributed by atoms with Crippen molar-refractivity contribution in [1.82, 2.24) is 10.2 Å². The SMILES string of the molecule is COCCN1CCCC(NCc2cc3c(cc2OC)CCC(=O)N3C)C1c1ccccc1.Cl.Cl. The predicted molar refractivity (Wildman–Crippen MR) is 142 cm³/mol. The Bertz CT molecular complexity index is 929. The molecule has 0 radical (unpaired) electrons. The molecule has 34 heavy (non-hydrogen) atoms. The molecule has 2 unspecified atom stereocenters. The molecule has 0 aliphatic carbocycles. The molecule has 2 heterocycles. The van der Waals surface area contributed by atoms with Gasteiger partial charge in [-0.2, -0.15) is 0 Å². The van der Waals surface area contributed by atoms with Crippen molar-refractivity contribution >= 4 is 36.4 Å². The number of hydrogen-bond donors (Lipinski definition) is 1. The molecule has 0 bridgehead atoms. The lowest BCUT2D eigenvalue weighted by molar-refractivity contribution is -0.118. The van der Waals surface area contributed by atoms with Gasteiger partial charge in [0.05, 0.1) is 19.8 Å². The maximum absolute atomic E-state index is 12.2. The number of methoxy groups -OCH3 is 2. The summed E-state index contributed by atoms with van der Waals surface area (Å²) in [5.41, 5.74) is 4.61. The van der Waals surface area contributed by atoms with E-state index in [1.807, 2.05) is 7.05 Å². The minimum absolute atomic E-state index is 0. The Labute approximate surface area is 215 Å². The molecule has 2 aromatic carbocycles. The van der Waals surface area contributed by atoms with Crippen LogP contribution in [0.2, 0.25) is 0 Å². The van der Waals surface area contributed by atoms with Crippen molar-refractivity contribution < 1.29 is 14.3 Å². The lowest BCUT2D eigenvalue weighted by Crippen LogP contribution is -2.49. The van der Waals surface area contributed by atoms with Crippen LogP contribution in [0.25, 0.3) is 0 Å². The largest absolute Gasteiger partial charge is 0.496 e. The second-order valence-electron chi connectivity index (χ2n) is 8.76. The second-order valence-corrected chi connectivity index (χ2v) is 8.76. The number of aryl methyl sites for hydroxylation is 1. The van der Waals surface area contributed by atoms with Crippen LogP contribution in [0, 0.1) is 0 Å². The molecule has 188 valence electrons. The summed E-state index contributed by atoms with van der Waals surface area (Å²) in [6, 6.07) is 15.6.